The summed E-state index contributed by atoms with van der Waals surface area (Å²) < 4.78 is 6.01. The van der Waals surface area contributed by atoms with Crippen LogP contribution in [-0.2, 0) is 4.79 Å². The van der Waals surface area contributed by atoms with E-state index < -0.39 is 6.04 Å². The van der Waals surface area contributed by atoms with Gasteiger partial charge in [-0.15, -0.1) is 12.4 Å². The van der Waals surface area contributed by atoms with Crippen molar-refractivity contribution in [3.63, 3.8) is 0 Å². The molecule has 0 saturated carbocycles. The molecule has 96 valence electrons. The molecule has 0 aliphatic carbocycles. The summed E-state index contributed by atoms with van der Waals surface area (Å²) in [7, 11) is 1.55. The summed E-state index contributed by atoms with van der Waals surface area (Å²) in [4.78, 5) is 11.6. The van der Waals surface area contributed by atoms with Crippen molar-refractivity contribution < 1.29 is 9.53 Å². The summed E-state index contributed by atoms with van der Waals surface area (Å²) in [5.74, 6) is 0.402. The summed E-state index contributed by atoms with van der Waals surface area (Å²) in [6.45, 7) is 1.86. The normalized spacial score (nSPS) is 11.3. The molecule has 0 unspecified atom stereocenters. The molecule has 4 nitrogen and oxygen atoms in total. The monoisotopic (exact) mass is 322 g/mol. The highest BCUT2D eigenvalue weighted by Gasteiger charge is 2.13. The molecule has 6 heteroatoms. The van der Waals surface area contributed by atoms with Gasteiger partial charge in [-0.25, -0.2) is 0 Å². The number of benzene rings is 1. The van der Waals surface area contributed by atoms with E-state index in [2.05, 4.69) is 21.2 Å². The number of carbonyl (C=O) groups is 1. The molecule has 3 N–H and O–H groups in total. The van der Waals surface area contributed by atoms with E-state index in [4.69, 9.17) is 10.5 Å². The molecule has 1 atom stereocenters. The van der Waals surface area contributed by atoms with E-state index in [0.717, 1.165) is 4.47 Å². The van der Waals surface area contributed by atoms with Crippen molar-refractivity contribution in [1.82, 2.24) is 0 Å². The van der Waals surface area contributed by atoms with Gasteiger partial charge in [0.1, 0.15) is 5.75 Å². The number of hydrogen-bond donors (Lipinski definition) is 2. The minimum absolute atomic E-state index is 0. The molecule has 0 heterocycles. The van der Waals surface area contributed by atoms with Gasteiger partial charge in [0, 0.05) is 4.47 Å². The molecule has 1 aromatic rings. The summed E-state index contributed by atoms with van der Waals surface area (Å²) in [5, 5.41) is 2.73. The zero-order valence-corrected chi connectivity index (χ0v) is 12.1. The van der Waals surface area contributed by atoms with Crippen LogP contribution < -0.4 is 15.8 Å². The fourth-order valence-electron chi connectivity index (χ4n) is 1.19. The molecule has 1 amide bonds. The average Bonchev–Trinajstić information content (AvgIpc) is 2.28. The van der Waals surface area contributed by atoms with Gasteiger partial charge in [0.05, 0.1) is 18.8 Å². The van der Waals surface area contributed by atoms with Gasteiger partial charge >= 0.3 is 0 Å². The second-order valence-electron chi connectivity index (χ2n) is 3.35. The van der Waals surface area contributed by atoms with Crippen molar-refractivity contribution in [2.75, 3.05) is 12.4 Å². The van der Waals surface area contributed by atoms with Crippen LogP contribution >= 0.6 is 28.3 Å². The maximum absolute atomic E-state index is 11.6. The highest BCUT2D eigenvalue weighted by atomic mass is 79.9. The SMILES string of the molecule is CC[C@H](N)C(=O)Nc1cc(Br)ccc1OC.Cl. The Morgan fingerprint density at radius 1 is 1.59 bits per heavy atom. The van der Waals surface area contributed by atoms with Gasteiger partial charge in [-0.2, -0.15) is 0 Å². The first-order valence-corrected chi connectivity index (χ1v) is 5.77. The quantitative estimate of drug-likeness (QED) is 0.895. The van der Waals surface area contributed by atoms with Crippen LogP contribution in [0.5, 0.6) is 5.75 Å². The van der Waals surface area contributed by atoms with Crippen LogP contribution in [0.4, 0.5) is 5.69 Å². The number of anilines is 1. The lowest BCUT2D eigenvalue weighted by molar-refractivity contribution is -0.117. The fraction of sp³-hybridized carbons (Fsp3) is 0.364. The van der Waals surface area contributed by atoms with E-state index in [1.54, 1.807) is 19.2 Å². The minimum Gasteiger partial charge on any atom is -0.495 e. The topological polar surface area (TPSA) is 64.4 Å². The highest BCUT2D eigenvalue weighted by Crippen LogP contribution is 2.27. The van der Waals surface area contributed by atoms with Crippen molar-refractivity contribution >= 4 is 39.9 Å². The van der Waals surface area contributed by atoms with Crippen molar-refractivity contribution in [1.29, 1.82) is 0 Å². The minimum atomic E-state index is -0.497. The van der Waals surface area contributed by atoms with Crippen molar-refractivity contribution in [2.45, 2.75) is 19.4 Å². The van der Waals surface area contributed by atoms with Gasteiger partial charge < -0.3 is 15.8 Å². The number of rotatable bonds is 4. The molecule has 0 bridgehead atoms. The van der Waals surface area contributed by atoms with E-state index >= 15 is 0 Å². The predicted octanol–water partition coefficient (Wildman–Crippen LogP) is 2.56. The maximum Gasteiger partial charge on any atom is 0.241 e. The number of halogens is 2. The maximum atomic E-state index is 11.6. The molecule has 0 aromatic heterocycles. The van der Waals surface area contributed by atoms with Gasteiger partial charge in [0.25, 0.3) is 0 Å². The third kappa shape index (κ3) is 4.53. The molecule has 0 fully saturated rings. The Balaban J connectivity index is 0.00000256. The van der Waals surface area contributed by atoms with Gasteiger partial charge in [-0.1, -0.05) is 22.9 Å². The molecule has 0 spiro atoms. The Morgan fingerprint density at radius 2 is 2.24 bits per heavy atom. The lowest BCUT2D eigenvalue weighted by Crippen LogP contribution is -2.34. The Bertz CT molecular complexity index is 388. The number of amides is 1. The summed E-state index contributed by atoms with van der Waals surface area (Å²) in [5.41, 5.74) is 6.25. The second-order valence-corrected chi connectivity index (χ2v) is 4.26. The largest absolute Gasteiger partial charge is 0.495 e. The Kier molecular flexibility index (Phi) is 7.18. The number of nitrogens with one attached hydrogen (secondary N) is 1. The number of nitrogens with two attached hydrogens (primary N) is 1. The van der Waals surface area contributed by atoms with E-state index in [0.29, 0.717) is 17.9 Å². The van der Waals surface area contributed by atoms with E-state index in [1.165, 1.54) is 0 Å². The van der Waals surface area contributed by atoms with E-state index in [1.807, 2.05) is 13.0 Å². The van der Waals surface area contributed by atoms with Crippen molar-refractivity contribution in [3.05, 3.63) is 22.7 Å². The summed E-state index contributed by atoms with van der Waals surface area (Å²) >= 11 is 3.33. The molecule has 0 saturated heterocycles. The lowest BCUT2D eigenvalue weighted by atomic mass is 10.2. The first-order valence-electron chi connectivity index (χ1n) is 4.98. The van der Waals surface area contributed by atoms with Crippen LogP contribution in [0.3, 0.4) is 0 Å². The van der Waals surface area contributed by atoms with Crippen molar-refractivity contribution in [2.24, 2.45) is 5.73 Å². The van der Waals surface area contributed by atoms with E-state index in [9.17, 15) is 4.79 Å². The molecule has 0 radical (unpaired) electrons. The van der Waals surface area contributed by atoms with Crippen LogP contribution in [-0.4, -0.2) is 19.1 Å². The first-order chi connectivity index (χ1) is 7.58. The zero-order chi connectivity index (χ0) is 12.1. The van der Waals surface area contributed by atoms with Gasteiger partial charge in [0.15, 0.2) is 0 Å². The molecule has 0 aliphatic rings. The molecular formula is C11H16BrClN2O2. The van der Waals surface area contributed by atoms with Crippen LogP contribution in [0.25, 0.3) is 0 Å². The average molecular weight is 324 g/mol. The van der Waals surface area contributed by atoms with Gasteiger partial charge in [0.2, 0.25) is 5.91 Å². The third-order valence-electron chi connectivity index (χ3n) is 2.20. The molecule has 17 heavy (non-hydrogen) atoms. The number of methoxy groups -OCH3 is 1. The Hall–Kier alpha value is -0.780. The standard InChI is InChI=1S/C11H15BrN2O2.ClH/c1-3-8(13)11(15)14-9-6-7(12)4-5-10(9)16-2;/h4-6,8H,3,13H2,1-2H3,(H,14,15);1H/t8-;/m0./s1. The number of carbonyl (C=O) groups excluding carboxylic acids is 1. The number of hydrogen-bond acceptors (Lipinski definition) is 3. The van der Waals surface area contributed by atoms with Crippen LogP contribution in [0, 0.1) is 0 Å². The smallest absolute Gasteiger partial charge is 0.241 e. The Labute approximate surface area is 115 Å². The third-order valence-corrected chi connectivity index (χ3v) is 2.69. The molecule has 1 rings (SSSR count). The lowest BCUT2D eigenvalue weighted by Gasteiger charge is -2.13. The predicted molar refractivity (Wildman–Crippen MR) is 74.8 cm³/mol. The van der Waals surface area contributed by atoms with Crippen LogP contribution in [0.2, 0.25) is 0 Å². The fourth-order valence-corrected chi connectivity index (χ4v) is 1.55. The first kappa shape index (κ1) is 16.2. The van der Waals surface area contributed by atoms with Crippen LogP contribution in [0.15, 0.2) is 22.7 Å². The number of ether oxygens (including phenoxy) is 1. The van der Waals surface area contributed by atoms with Crippen LogP contribution in [0.1, 0.15) is 13.3 Å². The molecular weight excluding hydrogens is 307 g/mol. The second kappa shape index (κ2) is 7.53. The van der Waals surface area contributed by atoms with Gasteiger partial charge in [-0.05, 0) is 24.6 Å². The zero-order valence-electron chi connectivity index (χ0n) is 9.70. The molecule has 0 aliphatic heterocycles. The van der Waals surface area contributed by atoms with E-state index in [-0.39, 0.29) is 18.3 Å². The summed E-state index contributed by atoms with van der Waals surface area (Å²) in [6, 6.07) is 4.90. The van der Waals surface area contributed by atoms with Crippen molar-refractivity contribution in [3.8, 4) is 5.75 Å². The van der Waals surface area contributed by atoms with Gasteiger partial charge in [-0.3, -0.25) is 4.79 Å². The highest BCUT2D eigenvalue weighted by molar-refractivity contribution is 9.10. The Morgan fingerprint density at radius 3 is 2.76 bits per heavy atom. The molecule has 1 aromatic carbocycles. The summed E-state index contributed by atoms with van der Waals surface area (Å²) in [6.07, 6.45) is 0.599.